The summed E-state index contributed by atoms with van der Waals surface area (Å²) in [7, 11) is 0. The monoisotopic (exact) mass is 284 g/mol. The lowest BCUT2D eigenvalue weighted by molar-refractivity contribution is 0.0922. The van der Waals surface area contributed by atoms with Crippen LogP contribution in [0.3, 0.4) is 0 Å². The van der Waals surface area contributed by atoms with Gasteiger partial charge in [0.15, 0.2) is 0 Å². The number of nitrogens with zero attached hydrogens (tertiary/aromatic N) is 1. The molecule has 88 valence electrons. The Balaban J connectivity index is 2.19. The quantitative estimate of drug-likeness (QED) is 0.923. The van der Waals surface area contributed by atoms with Crippen LogP contribution in [0.1, 0.15) is 6.42 Å². The van der Waals surface area contributed by atoms with Gasteiger partial charge in [-0.3, -0.25) is 0 Å². The van der Waals surface area contributed by atoms with Crippen LogP contribution in [0.4, 0.5) is 5.69 Å². The van der Waals surface area contributed by atoms with Crippen molar-refractivity contribution < 1.29 is 4.74 Å². The van der Waals surface area contributed by atoms with E-state index in [0.29, 0.717) is 12.6 Å². The Morgan fingerprint density at radius 3 is 3.00 bits per heavy atom. The van der Waals surface area contributed by atoms with Crippen molar-refractivity contribution in [1.82, 2.24) is 0 Å². The Kier molecular flexibility index (Phi) is 4.21. The second-order valence-corrected chi connectivity index (χ2v) is 4.81. The molecule has 0 spiro atoms. The minimum atomic E-state index is 0.400. The van der Waals surface area contributed by atoms with Crippen LogP contribution in [0.2, 0.25) is 0 Å². The van der Waals surface area contributed by atoms with Gasteiger partial charge in [-0.2, -0.15) is 0 Å². The molecule has 16 heavy (non-hydrogen) atoms. The minimum absolute atomic E-state index is 0.400. The maximum Gasteiger partial charge on any atom is 0.0671 e. The fourth-order valence-corrected chi connectivity index (χ4v) is 2.60. The van der Waals surface area contributed by atoms with E-state index in [4.69, 9.17) is 10.5 Å². The van der Waals surface area contributed by atoms with Gasteiger partial charge in [-0.25, -0.2) is 0 Å². The molecule has 1 fully saturated rings. The van der Waals surface area contributed by atoms with E-state index < -0.39 is 0 Å². The first kappa shape index (κ1) is 11.9. The fourth-order valence-electron chi connectivity index (χ4n) is 2.09. The third-order valence-corrected chi connectivity index (χ3v) is 3.56. The molecule has 1 aliphatic heterocycles. The molecule has 1 aliphatic rings. The number of nitrogens with two attached hydrogens (primary N) is 1. The van der Waals surface area contributed by atoms with Crippen molar-refractivity contribution >= 4 is 21.6 Å². The van der Waals surface area contributed by atoms with Crippen molar-refractivity contribution in [2.24, 2.45) is 5.73 Å². The van der Waals surface area contributed by atoms with E-state index in [0.717, 1.165) is 30.7 Å². The van der Waals surface area contributed by atoms with Crippen molar-refractivity contribution in [2.75, 3.05) is 31.2 Å². The Bertz CT molecular complexity index is 344. The molecule has 2 N–H and O–H groups in total. The lowest BCUT2D eigenvalue weighted by atomic mass is 10.1. The Labute approximate surface area is 105 Å². The molecule has 3 nitrogen and oxygen atoms in total. The SMILES string of the molecule is NCCC1COCCN1c1ccccc1Br. The van der Waals surface area contributed by atoms with Gasteiger partial charge < -0.3 is 15.4 Å². The molecular weight excluding hydrogens is 268 g/mol. The van der Waals surface area contributed by atoms with E-state index in [1.54, 1.807) is 0 Å². The van der Waals surface area contributed by atoms with E-state index in [1.165, 1.54) is 5.69 Å². The molecule has 0 saturated carbocycles. The first-order valence-electron chi connectivity index (χ1n) is 5.62. The van der Waals surface area contributed by atoms with E-state index in [-0.39, 0.29) is 0 Å². The summed E-state index contributed by atoms with van der Waals surface area (Å²) in [6.07, 6.45) is 0.974. The highest BCUT2D eigenvalue weighted by molar-refractivity contribution is 9.10. The lowest BCUT2D eigenvalue weighted by Gasteiger charge is -2.37. The number of para-hydroxylation sites is 1. The van der Waals surface area contributed by atoms with Gasteiger partial charge in [0.2, 0.25) is 0 Å². The van der Waals surface area contributed by atoms with E-state index in [9.17, 15) is 0 Å². The van der Waals surface area contributed by atoms with E-state index in [2.05, 4.69) is 39.0 Å². The molecule has 0 aromatic heterocycles. The molecule has 0 amide bonds. The third-order valence-electron chi connectivity index (χ3n) is 2.89. The molecule has 1 unspecified atom stereocenters. The third kappa shape index (κ3) is 2.56. The fraction of sp³-hybridized carbons (Fsp3) is 0.500. The Hall–Kier alpha value is -0.580. The summed E-state index contributed by atoms with van der Waals surface area (Å²) in [5.41, 5.74) is 6.88. The van der Waals surface area contributed by atoms with Crippen LogP contribution in [0, 0.1) is 0 Å². The maximum atomic E-state index is 5.64. The van der Waals surface area contributed by atoms with Crippen LogP contribution >= 0.6 is 15.9 Å². The molecule has 2 rings (SSSR count). The van der Waals surface area contributed by atoms with Crippen molar-refractivity contribution in [3.8, 4) is 0 Å². The number of ether oxygens (including phenoxy) is 1. The van der Waals surface area contributed by atoms with Crippen LogP contribution in [0.15, 0.2) is 28.7 Å². The zero-order valence-corrected chi connectivity index (χ0v) is 10.8. The second kappa shape index (κ2) is 5.66. The van der Waals surface area contributed by atoms with E-state index >= 15 is 0 Å². The molecular formula is C12H17BrN2O. The van der Waals surface area contributed by atoms with Gasteiger partial charge in [-0.15, -0.1) is 0 Å². The topological polar surface area (TPSA) is 38.5 Å². The van der Waals surface area contributed by atoms with Gasteiger partial charge >= 0.3 is 0 Å². The van der Waals surface area contributed by atoms with Gasteiger partial charge in [0.1, 0.15) is 0 Å². The number of anilines is 1. The van der Waals surface area contributed by atoms with Crippen LogP contribution in [0.5, 0.6) is 0 Å². The predicted molar refractivity (Wildman–Crippen MR) is 69.8 cm³/mol. The second-order valence-electron chi connectivity index (χ2n) is 3.95. The molecule has 0 bridgehead atoms. The number of rotatable bonds is 3. The van der Waals surface area contributed by atoms with Gasteiger partial charge in [0.25, 0.3) is 0 Å². The minimum Gasteiger partial charge on any atom is -0.377 e. The highest BCUT2D eigenvalue weighted by atomic mass is 79.9. The summed E-state index contributed by atoms with van der Waals surface area (Å²) < 4.78 is 6.65. The number of hydrogen-bond acceptors (Lipinski definition) is 3. The van der Waals surface area contributed by atoms with Gasteiger partial charge in [0.05, 0.1) is 24.9 Å². The first-order chi connectivity index (χ1) is 7.83. The van der Waals surface area contributed by atoms with Crippen molar-refractivity contribution in [1.29, 1.82) is 0 Å². The summed E-state index contributed by atoms with van der Waals surface area (Å²) in [6.45, 7) is 3.21. The molecule has 4 heteroatoms. The zero-order chi connectivity index (χ0) is 11.4. The standard InChI is InChI=1S/C12H17BrN2O/c13-11-3-1-2-4-12(11)15-7-8-16-9-10(15)5-6-14/h1-4,10H,5-9,14H2. The molecule has 1 aromatic rings. The smallest absolute Gasteiger partial charge is 0.0671 e. The van der Waals surface area contributed by atoms with Gasteiger partial charge in [0, 0.05) is 11.0 Å². The Morgan fingerprint density at radius 1 is 1.44 bits per heavy atom. The van der Waals surface area contributed by atoms with Crippen molar-refractivity contribution in [3.63, 3.8) is 0 Å². The van der Waals surface area contributed by atoms with Crippen LogP contribution in [0.25, 0.3) is 0 Å². The average molecular weight is 285 g/mol. The van der Waals surface area contributed by atoms with Crippen LogP contribution in [-0.2, 0) is 4.74 Å². The number of benzene rings is 1. The van der Waals surface area contributed by atoms with Crippen LogP contribution in [-0.4, -0.2) is 32.3 Å². The van der Waals surface area contributed by atoms with Crippen molar-refractivity contribution in [2.45, 2.75) is 12.5 Å². The highest BCUT2D eigenvalue weighted by Crippen LogP contribution is 2.29. The highest BCUT2D eigenvalue weighted by Gasteiger charge is 2.23. The molecule has 1 heterocycles. The Morgan fingerprint density at radius 2 is 2.25 bits per heavy atom. The predicted octanol–water partition coefficient (Wildman–Crippen LogP) is 2.00. The number of hydrogen-bond donors (Lipinski definition) is 1. The molecule has 1 atom stereocenters. The lowest BCUT2D eigenvalue weighted by Crippen LogP contribution is -2.46. The zero-order valence-electron chi connectivity index (χ0n) is 9.23. The summed E-state index contributed by atoms with van der Waals surface area (Å²) >= 11 is 3.60. The van der Waals surface area contributed by atoms with Gasteiger partial charge in [-0.1, -0.05) is 12.1 Å². The number of morpholine rings is 1. The molecule has 1 aromatic carbocycles. The number of halogens is 1. The van der Waals surface area contributed by atoms with Crippen LogP contribution < -0.4 is 10.6 Å². The summed E-state index contributed by atoms with van der Waals surface area (Å²) in [4.78, 5) is 2.39. The summed E-state index contributed by atoms with van der Waals surface area (Å²) in [5.74, 6) is 0. The largest absolute Gasteiger partial charge is 0.377 e. The normalized spacial score (nSPS) is 21.1. The average Bonchev–Trinajstić information content (AvgIpc) is 2.31. The summed E-state index contributed by atoms with van der Waals surface area (Å²) in [5, 5.41) is 0. The molecule has 1 saturated heterocycles. The molecule has 0 aliphatic carbocycles. The van der Waals surface area contributed by atoms with E-state index in [1.807, 2.05) is 6.07 Å². The van der Waals surface area contributed by atoms with Gasteiger partial charge in [-0.05, 0) is 41.0 Å². The van der Waals surface area contributed by atoms with Crippen molar-refractivity contribution in [3.05, 3.63) is 28.7 Å². The summed E-state index contributed by atoms with van der Waals surface area (Å²) in [6, 6.07) is 8.71. The maximum absolute atomic E-state index is 5.64. The first-order valence-corrected chi connectivity index (χ1v) is 6.41. The molecule has 0 radical (unpaired) electrons.